The quantitative estimate of drug-likeness (QED) is 0.923. The Labute approximate surface area is 136 Å². The van der Waals surface area contributed by atoms with Gasteiger partial charge < -0.3 is 19.7 Å². The largest absolute Gasteiger partial charge is 0.486 e. The Bertz CT molecular complexity index is 592. The standard InChI is InChI=1S/C18H24N2O3/c1-20(15-10-13-3-4-14(11-15)19-13)18(21)9-12-2-5-16-17(8-12)23-7-6-22-16/h2,5,8,13-15,19H,3-4,6-7,9-11H2,1H3. The zero-order valence-corrected chi connectivity index (χ0v) is 13.6. The molecule has 5 heteroatoms. The van der Waals surface area contributed by atoms with Crippen molar-refractivity contribution in [2.45, 2.75) is 50.2 Å². The molecular formula is C18H24N2O3. The number of fused-ring (bicyclic) bond motifs is 3. The van der Waals surface area contributed by atoms with Gasteiger partial charge in [-0.15, -0.1) is 0 Å². The van der Waals surface area contributed by atoms with E-state index in [0.717, 1.165) is 29.9 Å². The summed E-state index contributed by atoms with van der Waals surface area (Å²) in [7, 11) is 1.95. The molecule has 2 unspecified atom stereocenters. The number of carbonyl (C=O) groups excluding carboxylic acids is 1. The Morgan fingerprint density at radius 1 is 1.17 bits per heavy atom. The first kappa shape index (κ1) is 14.8. The van der Waals surface area contributed by atoms with Crippen molar-refractivity contribution in [3.8, 4) is 11.5 Å². The van der Waals surface area contributed by atoms with Crippen molar-refractivity contribution in [1.29, 1.82) is 0 Å². The van der Waals surface area contributed by atoms with E-state index in [1.165, 1.54) is 12.8 Å². The minimum atomic E-state index is 0.188. The fourth-order valence-electron chi connectivity index (χ4n) is 4.04. The Morgan fingerprint density at radius 3 is 2.61 bits per heavy atom. The third kappa shape index (κ3) is 3.02. The molecule has 0 aromatic heterocycles. The van der Waals surface area contributed by atoms with E-state index in [4.69, 9.17) is 9.47 Å². The highest BCUT2D eigenvalue weighted by molar-refractivity contribution is 5.79. The van der Waals surface area contributed by atoms with Crippen LogP contribution in [-0.2, 0) is 11.2 Å². The molecule has 4 rings (SSSR count). The average molecular weight is 316 g/mol. The third-order valence-electron chi connectivity index (χ3n) is 5.35. The molecule has 0 aliphatic carbocycles. The molecule has 0 spiro atoms. The zero-order chi connectivity index (χ0) is 15.8. The SMILES string of the molecule is CN(C(=O)Cc1ccc2c(c1)OCCO2)C1CC2CCC(C1)N2. The Hall–Kier alpha value is -1.75. The minimum absolute atomic E-state index is 0.188. The summed E-state index contributed by atoms with van der Waals surface area (Å²) in [5.74, 6) is 1.72. The van der Waals surface area contributed by atoms with Crippen LogP contribution in [0.5, 0.6) is 11.5 Å². The number of nitrogens with zero attached hydrogens (tertiary/aromatic N) is 1. The van der Waals surface area contributed by atoms with Crippen LogP contribution in [0, 0.1) is 0 Å². The summed E-state index contributed by atoms with van der Waals surface area (Å²) < 4.78 is 11.1. The maximum atomic E-state index is 12.6. The van der Waals surface area contributed by atoms with Gasteiger partial charge in [0.1, 0.15) is 13.2 Å². The number of benzene rings is 1. The molecule has 5 nitrogen and oxygen atoms in total. The van der Waals surface area contributed by atoms with Gasteiger partial charge in [0.05, 0.1) is 6.42 Å². The molecule has 3 heterocycles. The van der Waals surface area contributed by atoms with Crippen LogP contribution in [0.3, 0.4) is 0 Å². The van der Waals surface area contributed by atoms with Crippen molar-refractivity contribution in [2.75, 3.05) is 20.3 Å². The first-order valence-electron chi connectivity index (χ1n) is 8.59. The van der Waals surface area contributed by atoms with Gasteiger partial charge in [-0.25, -0.2) is 0 Å². The Balaban J connectivity index is 1.41. The van der Waals surface area contributed by atoms with E-state index in [0.29, 0.717) is 37.8 Å². The van der Waals surface area contributed by atoms with Crippen molar-refractivity contribution >= 4 is 5.91 Å². The summed E-state index contributed by atoms with van der Waals surface area (Å²) in [6.07, 6.45) is 5.10. The van der Waals surface area contributed by atoms with Crippen molar-refractivity contribution in [3.05, 3.63) is 23.8 Å². The Kier molecular flexibility index (Phi) is 3.89. The van der Waals surface area contributed by atoms with Crippen molar-refractivity contribution in [3.63, 3.8) is 0 Å². The maximum Gasteiger partial charge on any atom is 0.226 e. The van der Waals surface area contributed by atoms with Crippen LogP contribution in [0.1, 0.15) is 31.2 Å². The second-order valence-electron chi connectivity index (χ2n) is 6.92. The molecule has 1 N–H and O–H groups in total. The fourth-order valence-corrected chi connectivity index (χ4v) is 4.04. The lowest BCUT2D eigenvalue weighted by Crippen LogP contribution is -2.49. The Morgan fingerprint density at radius 2 is 1.87 bits per heavy atom. The van der Waals surface area contributed by atoms with Gasteiger partial charge in [0, 0.05) is 25.2 Å². The first-order valence-corrected chi connectivity index (χ1v) is 8.59. The van der Waals surface area contributed by atoms with E-state index < -0.39 is 0 Å². The van der Waals surface area contributed by atoms with E-state index in [1.54, 1.807) is 0 Å². The highest BCUT2D eigenvalue weighted by Crippen LogP contribution is 2.32. The molecule has 1 aromatic rings. The highest BCUT2D eigenvalue weighted by Gasteiger charge is 2.36. The van der Waals surface area contributed by atoms with Gasteiger partial charge in [-0.05, 0) is 43.4 Å². The van der Waals surface area contributed by atoms with Crippen LogP contribution in [-0.4, -0.2) is 49.2 Å². The van der Waals surface area contributed by atoms with Gasteiger partial charge in [-0.2, -0.15) is 0 Å². The monoisotopic (exact) mass is 316 g/mol. The molecule has 2 saturated heterocycles. The lowest BCUT2D eigenvalue weighted by molar-refractivity contribution is -0.131. The summed E-state index contributed by atoms with van der Waals surface area (Å²) in [6.45, 7) is 1.16. The lowest BCUT2D eigenvalue weighted by atomic mass is 9.98. The van der Waals surface area contributed by atoms with Crippen LogP contribution in [0.25, 0.3) is 0 Å². The maximum absolute atomic E-state index is 12.6. The van der Waals surface area contributed by atoms with Gasteiger partial charge in [-0.1, -0.05) is 6.07 Å². The fraction of sp³-hybridized carbons (Fsp3) is 0.611. The highest BCUT2D eigenvalue weighted by atomic mass is 16.6. The summed E-state index contributed by atoms with van der Waals surface area (Å²) >= 11 is 0. The molecule has 124 valence electrons. The third-order valence-corrected chi connectivity index (χ3v) is 5.35. The van der Waals surface area contributed by atoms with Gasteiger partial charge in [-0.3, -0.25) is 4.79 Å². The minimum Gasteiger partial charge on any atom is -0.486 e. The van der Waals surface area contributed by atoms with E-state index >= 15 is 0 Å². The smallest absolute Gasteiger partial charge is 0.226 e. The molecule has 2 fully saturated rings. The molecule has 0 saturated carbocycles. The molecule has 1 aromatic carbocycles. The molecular weight excluding hydrogens is 292 g/mol. The number of likely N-dealkylation sites (N-methyl/N-ethyl adjacent to an activating group) is 1. The topological polar surface area (TPSA) is 50.8 Å². The van der Waals surface area contributed by atoms with Crippen LogP contribution in [0.4, 0.5) is 0 Å². The summed E-state index contributed by atoms with van der Waals surface area (Å²) in [6, 6.07) is 7.38. The number of hydrogen-bond acceptors (Lipinski definition) is 4. The van der Waals surface area contributed by atoms with Crippen LogP contribution >= 0.6 is 0 Å². The van der Waals surface area contributed by atoms with Gasteiger partial charge >= 0.3 is 0 Å². The molecule has 2 bridgehead atoms. The molecule has 3 aliphatic heterocycles. The number of piperidine rings is 1. The first-order chi connectivity index (χ1) is 11.2. The number of hydrogen-bond donors (Lipinski definition) is 1. The van der Waals surface area contributed by atoms with Crippen LogP contribution in [0.2, 0.25) is 0 Å². The zero-order valence-electron chi connectivity index (χ0n) is 13.6. The van der Waals surface area contributed by atoms with Gasteiger partial charge in [0.2, 0.25) is 5.91 Å². The second-order valence-corrected chi connectivity index (χ2v) is 6.92. The molecule has 0 radical (unpaired) electrons. The predicted octanol–water partition coefficient (Wildman–Crippen LogP) is 1.74. The van der Waals surface area contributed by atoms with Gasteiger partial charge in [0.25, 0.3) is 0 Å². The van der Waals surface area contributed by atoms with E-state index in [-0.39, 0.29) is 5.91 Å². The van der Waals surface area contributed by atoms with E-state index in [2.05, 4.69) is 5.32 Å². The normalized spacial score (nSPS) is 28.5. The summed E-state index contributed by atoms with van der Waals surface area (Å²) in [5.41, 5.74) is 0.989. The molecule has 3 aliphatic rings. The van der Waals surface area contributed by atoms with Crippen molar-refractivity contribution < 1.29 is 14.3 Å². The molecule has 1 amide bonds. The number of rotatable bonds is 3. The lowest BCUT2D eigenvalue weighted by Gasteiger charge is -2.35. The average Bonchev–Trinajstić information content (AvgIpc) is 2.92. The van der Waals surface area contributed by atoms with E-state index in [1.807, 2.05) is 30.1 Å². The van der Waals surface area contributed by atoms with E-state index in [9.17, 15) is 4.79 Å². The summed E-state index contributed by atoms with van der Waals surface area (Å²) in [5, 5.41) is 3.63. The second kappa shape index (κ2) is 6.04. The molecule has 2 atom stereocenters. The van der Waals surface area contributed by atoms with Crippen LogP contribution in [0.15, 0.2) is 18.2 Å². The number of carbonyl (C=O) groups is 1. The summed E-state index contributed by atoms with van der Waals surface area (Å²) in [4.78, 5) is 14.6. The van der Waals surface area contributed by atoms with Crippen molar-refractivity contribution in [2.24, 2.45) is 0 Å². The van der Waals surface area contributed by atoms with Gasteiger partial charge in [0.15, 0.2) is 11.5 Å². The van der Waals surface area contributed by atoms with Crippen molar-refractivity contribution in [1.82, 2.24) is 10.2 Å². The molecule has 23 heavy (non-hydrogen) atoms. The predicted molar refractivity (Wildman–Crippen MR) is 86.9 cm³/mol. The number of ether oxygens (including phenoxy) is 2. The van der Waals surface area contributed by atoms with Crippen LogP contribution < -0.4 is 14.8 Å². The number of nitrogens with one attached hydrogen (secondary N) is 1. The number of amides is 1.